The molecule has 1 saturated carbocycles. The SMILES string of the molecule is CC(C)C(c1ccccc1)N(OC(C)C1CCCCC1)C(C)(C)CO. The minimum absolute atomic E-state index is 0.0699. The molecule has 1 aromatic carbocycles. The van der Waals surface area contributed by atoms with Crippen LogP contribution in [-0.4, -0.2) is 28.4 Å². The van der Waals surface area contributed by atoms with E-state index in [2.05, 4.69) is 63.9 Å². The highest BCUT2D eigenvalue weighted by atomic mass is 16.7. The molecule has 0 spiro atoms. The van der Waals surface area contributed by atoms with Crippen molar-refractivity contribution in [3.63, 3.8) is 0 Å². The molecule has 0 saturated heterocycles. The number of benzene rings is 1. The highest BCUT2D eigenvalue weighted by molar-refractivity contribution is 5.19. The van der Waals surface area contributed by atoms with Crippen molar-refractivity contribution in [2.24, 2.45) is 11.8 Å². The van der Waals surface area contributed by atoms with E-state index in [0.717, 1.165) is 0 Å². The Balaban J connectivity index is 2.27. The lowest BCUT2D eigenvalue weighted by atomic mass is 9.86. The summed E-state index contributed by atoms with van der Waals surface area (Å²) in [6.45, 7) is 10.9. The van der Waals surface area contributed by atoms with E-state index < -0.39 is 5.54 Å². The molecular weight excluding hydrogens is 310 g/mol. The third-order valence-corrected chi connectivity index (χ3v) is 5.60. The van der Waals surface area contributed by atoms with E-state index in [1.165, 1.54) is 37.7 Å². The lowest BCUT2D eigenvalue weighted by Gasteiger charge is -2.46. The second-order valence-corrected chi connectivity index (χ2v) is 8.60. The molecule has 1 fully saturated rings. The molecule has 1 aromatic rings. The fourth-order valence-corrected chi connectivity index (χ4v) is 3.96. The Morgan fingerprint density at radius 3 is 2.20 bits per heavy atom. The van der Waals surface area contributed by atoms with Gasteiger partial charge in [0.25, 0.3) is 0 Å². The molecule has 0 bridgehead atoms. The Hall–Kier alpha value is -0.900. The maximum absolute atomic E-state index is 10.0. The smallest absolute Gasteiger partial charge is 0.0793 e. The van der Waals surface area contributed by atoms with Crippen molar-refractivity contribution in [1.82, 2.24) is 5.06 Å². The maximum atomic E-state index is 10.0. The van der Waals surface area contributed by atoms with Crippen molar-refractivity contribution in [1.29, 1.82) is 0 Å². The molecule has 0 radical (unpaired) electrons. The van der Waals surface area contributed by atoms with E-state index in [-0.39, 0.29) is 18.8 Å². The third-order valence-electron chi connectivity index (χ3n) is 5.60. The van der Waals surface area contributed by atoms with Crippen LogP contribution in [0, 0.1) is 11.8 Å². The van der Waals surface area contributed by atoms with E-state index in [4.69, 9.17) is 4.84 Å². The van der Waals surface area contributed by atoms with Gasteiger partial charge in [0.15, 0.2) is 0 Å². The van der Waals surface area contributed by atoms with Crippen LogP contribution >= 0.6 is 0 Å². The number of rotatable bonds is 8. The van der Waals surface area contributed by atoms with Crippen LogP contribution in [0.1, 0.15) is 78.3 Å². The fourth-order valence-electron chi connectivity index (χ4n) is 3.96. The third kappa shape index (κ3) is 5.29. The zero-order valence-corrected chi connectivity index (χ0v) is 16.7. The molecule has 142 valence electrons. The predicted molar refractivity (Wildman–Crippen MR) is 104 cm³/mol. The van der Waals surface area contributed by atoms with Gasteiger partial charge in [-0.05, 0) is 51.0 Å². The molecule has 0 amide bonds. The second kappa shape index (κ2) is 9.16. The molecule has 2 unspecified atom stereocenters. The van der Waals surface area contributed by atoms with Gasteiger partial charge in [0.1, 0.15) is 0 Å². The zero-order valence-electron chi connectivity index (χ0n) is 16.7. The molecule has 2 rings (SSSR count). The molecule has 3 nitrogen and oxygen atoms in total. The van der Waals surface area contributed by atoms with Crippen molar-refractivity contribution in [2.75, 3.05) is 6.61 Å². The maximum Gasteiger partial charge on any atom is 0.0793 e. The van der Waals surface area contributed by atoms with Gasteiger partial charge in [0.05, 0.1) is 24.3 Å². The first-order chi connectivity index (χ1) is 11.9. The van der Waals surface area contributed by atoms with Gasteiger partial charge in [-0.15, -0.1) is 0 Å². The summed E-state index contributed by atoms with van der Waals surface area (Å²) in [6.07, 6.45) is 6.67. The number of hydrogen-bond acceptors (Lipinski definition) is 3. The van der Waals surface area contributed by atoms with E-state index in [1.54, 1.807) is 0 Å². The molecule has 25 heavy (non-hydrogen) atoms. The van der Waals surface area contributed by atoms with Gasteiger partial charge in [0, 0.05) is 0 Å². The summed E-state index contributed by atoms with van der Waals surface area (Å²) in [6, 6.07) is 10.7. The summed E-state index contributed by atoms with van der Waals surface area (Å²) in [5.74, 6) is 1.00. The van der Waals surface area contributed by atoms with E-state index in [9.17, 15) is 5.11 Å². The molecular formula is C22H37NO2. The van der Waals surface area contributed by atoms with Crippen LogP contribution in [0.5, 0.6) is 0 Å². The van der Waals surface area contributed by atoms with Gasteiger partial charge in [-0.1, -0.05) is 63.4 Å². The molecule has 0 heterocycles. The summed E-state index contributed by atoms with van der Waals surface area (Å²) in [7, 11) is 0. The molecule has 1 aliphatic rings. The highest BCUT2D eigenvalue weighted by Crippen LogP contribution is 2.37. The molecule has 1 N–H and O–H groups in total. The first-order valence-corrected chi connectivity index (χ1v) is 9.98. The lowest BCUT2D eigenvalue weighted by Crippen LogP contribution is -2.52. The zero-order chi connectivity index (χ0) is 18.4. The summed E-state index contributed by atoms with van der Waals surface area (Å²) in [5.41, 5.74) is 0.808. The summed E-state index contributed by atoms with van der Waals surface area (Å²) in [5, 5.41) is 12.1. The van der Waals surface area contributed by atoms with Crippen LogP contribution in [0.3, 0.4) is 0 Å². The van der Waals surface area contributed by atoms with Crippen LogP contribution in [0.25, 0.3) is 0 Å². The Morgan fingerprint density at radius 1 is 1.08 bits per heavy atom. The molecule has 0 aromatic heterocycles. The Morgan fingerprint density at radius 2 is 1.68 bits per heavy atom. The van der Waals surface area contributed by atoms with Gasteiger partial charge < -0.3 is 5.11 Å². The van der Waals surface area contributed by atoms with Gasteiger partial charge in [-0.2, -0.15) is 5.06 Å². The largest absolute Gasteiger partial charge is 0.394 e. The fraction of sp³-hybridized carbons (Fsp3) is 0.727. The van der Waals surface area contributed by atoms with Gasteiger partial charge in [0.2, 0.25) is 0 Å². The first-order valence-electron chi connectivity index (χ1n) is 9.98. The monoisotopic (exact) mass is 347 g/mol. The highest BCUT2D eigenvalue weighted by Gasteiger charge is 2.38. The Labute approximate surface area is 154 Å². The van der Waals surface area contributed by atoms with Gasteiger partial charge >= 0.3 is 0 Å². The predicted octanol–water partition coefficient (Wildman–Crippen LogP) is 5.36. The number of nitrogens with zero attached hydrogens (tertiary/aromatic N) is 1. The van der Waals surface area contributed by atoms with Crippen molar-refractivity contribution < 1.29 is 9.94 Å². The average molecular weight is 348 g/mol. The Kier molecular flexibility index (Phi) is 7.48. The summed E-state index contributed by atoms with van der Waals surface area (Å²) >= 11 is 0. The minimum atomic E-state index is -0.437. The topological polar surface area (TPSA) is 32.7 Å². The van der Waals surface area contributed by atoms with Crippen LogP contribution in [0.2, 0.25) is 0 Å². The average Bonchev–Trinajstić information content (AvgIpc) is 2.62. The second-order valence-electron chi connectivity index (χ2n) is 8.60. The molecule has 0 aliphatic heterocycles. The van der Waals surface area contributed by atoms with Crippen LogP contribution in [0.15, 0.2) is 30.3 Å². The number of hydrogen-bond donors (Lipinski definition) is 1. The normalized spacial score (nSPS) is 19.4. The summed E-state index contributed by atoms with van der Waals surface area (Å²) in [4.78, 5) is 6.60. The summed E-state index contributed by atoms with van der Waals surface area (Å²) < 4.78 is 0. The Bertz CT molecular complexity index is 494. The minimum Gasteiger partial charge on any atom is -0.394 e. The molecule has 1 aliphatic carbocycles. The lowest BCUT2D eigenvalue weighted by molar-refractivity contribution is -0.289. The van der Waals surface area contributed by atoms with Gasteiger partial charge in [-0.3, -0.25) is 4.84 Å². The van der Waals surface area contributed by atoms with E-state index in [1.807, 2.05) is 6.07 Å². The standard InChI is InChI=1S/C22H37NO2/c1-17(2)21(20-14-10-7-11-15-20)23(22(4,5)16-24)25-18(3)19-12-8-6-9-13-19/h7,10-11,14-15,17-19,21,24H,6,8-9,12-13,16H2,1-5H3. The van der Waals surface area contributed by atoms with Crippen LogP contribution < -0.4 is 0 Å². The first kappa shape index (κ1) is 20.4. The number of aliphatic hydroxyl groups excluding tert-OH is 1. The quantitative estimate of drug-likeness (QED) is 0.643. The van der Waals surface area contributed by atoms with Crippen molar-refractivity contribution >= 4 is 0 Å². The van der Waals surface area contributed by atoms with Crippen molar-refractivity contribution in [2.45, 2.75) is 84.4 Å². The van der Waals surface area contributed by atoms with Crippen LogP contribution in [-0.2, 0) is 4.84 Å². The van der Waals surface area contributed by atoms with Crippen LogP contribution in [0.4, 0.5) is 0 Å². The van der Waals surface area contributed by atoms with Crippen molar-refractivity contribution in [3.05, 3.63) is 35.9 Å². The number of aliphatic hydroxyl groups is 1. The van der Waals surface area contributed by atoms with E-state index >= 15 is 0 Å². The van der Waals surface area contributed by atoms with Gasteiger partial charge in [-0.25, -0.2) is 0 Å². The molecule has 2 atom stereocenters. The number of hydroxylamine groups is 2. The molecule has 3 heteroatoms. The van der Waals surface area contributed by atoms with Crippen molar-refractivity contribution in [3.8, 4) is 0 Å². The van der Waals surface area contributed by atoms with E-state index in [0.29, 0.717) is 11.8 Å².